The van der Waals surface area contributed by atoms with Gasteiger partial charge < -0.3 is 15.0 Å². The normalized spacial score (nSPS) is 11.5. The Kier molecular flexibility index (Phi) is 9.37. The average Bonchev–Trinajstić information content (AvgIpc) is 2.84. The predicted molar refractivity (Wildman–Crippen MR) is 136 cm³/mol. The Balaban J connectivity index is 1.98. The van der Waals surface area contributed by atoms with Gasteiger partial charge in [0.15, 0.2) is 0 Å². The quantitative estimate of drug-likeness (QED) is 0.411. The van der Waals surface area contributed by atoms with Gasteiger partial charge in [0.2, 0.25) is 11.8 Å². The summed E-state index contributed by atoms with van der Waals surface area (Å²) in [4.78, 5) is 28.4. The van der Waals surface area contributed by atoms with Crippen LogP contribution in [0.5, 0.6) is 5.75 Å². The lowest BCUT2D eigenvalue weighted by atomic mass is 10.0. The highest BCUT2D eigenvalue weighted by molar-refractivity contribution is 6.36. The lowest BCUT2D eigenvalue weighted by Gasteiger charge is -2.32. The number of halogens is 2. The van der Waals surface area contributed by atoms with Crippen molar-refractivity contribution in [2.45, 2.75) is 32.4 Å². The molecule has 0 saturated heterocycles. The minimum absolute atomic E-state index is 0.113. The monoisotopic (exact) mass is 498 g/mol. The molecule has 0 aliphatic rings. The highest BCUT2D eigenvalue weighted by Crippen LogP contribution is 2.27. The number of nitrogens with one attached hydrogen (secondary N) is 1. The van der Waals surface area contributed by atoms with Crippen molar-refractivity contribution >= 4 is 35.0 Å². The molecule has 178 valence electrons. The van der Waals surface area contributed by atoms with Gasteiger partial charge in [0.1, 0.15) is 11.8 Å². The van der Waals surface area contributed by atoms with Gasteiger partial charge in [-0.05, 0) is 42.3 Å². The van der Waals surface area contributed by atoms with Crippen LogP contribution in [0, 0.1) is 0 Å². The van der Waals surface area contributed by atoms with E-state index in [2.05, 4.69) is 5.32 Å². The molecule has 34 heavy (non-hydrogen) atoms. The Hall–Kier alpha value is -3.02. The van der Waals surface area contributed by atoms with Crippen molar-refractivity contribution < 1.29 is 14.3 Å². The fourth-order valence-corrected chi connectivity index (χ4v) is 4.24. The van der Waals surface area contributed by atoms with E-state index in [1.165, 1.54) is 0 Å². The Morgan fingerprint density at radius 3 is 2.15 bits per heavy atom. The van der Waals surface area contributed by atoms with Crippen LogP contribution in [-0.4, -0.2) is 36.4 Å². The van der Waals surface area contributed by atoms with E-state index in [9.17, 15) is 9.59 Å². The molecule has 0 bridgehead atoms. The third-order valence-electron chi connectivity index (χ3n) is 5.53. The number of carbonyl (C=O) groups is 2. The van der Waals surface area contributed by atoms with E-state index in [4.69, 9.17) is 27.9 Å². The molecule has 1 atom stereocenters. The van der Waals surface area contributed by atoms with Crippen LogP contribution in [-0.2, 0) is 29.0 Å². The fourth-order valence-electron chi connectivity index (χ4n) is 3.72. The third kappa shape index (κ3) is 6.75. The zero-order valence-electron chi connectivity index (χ0n) is 19.3. The predicted octanol–water partition coefficient (Wildman–Crippen LogP) is 5.32. The number of hydrogen-bond donors (Lipinski definition) is 1. The second-order valence-electron chi connectivity index (χ2n) is 7.85. The molecule has 0 aliphatic heterocycles. The van der Waals surface area contributed by atoms with Gasteiger partial charge >= 0.3 is 0 Å². The molecule has 7 heteroatoms. The van der Waals surface area contributed by atoms with Gasteiger partial charge in [-0.3, -0.25) is 9.59 Å². The van der Waals surface area contributed by atoms with Crippen molar-refractivity contribution in [2.75, 3.05) is 13.7 Å². The van der Waals surface area contributed by atoms with Crippen LogP contribution >= 0.6 is 23.2 Å². The van der Waals surface area contributed by atoms with Crippen molar-refractivity contribution in [3.05, 3.63) is 99.5 Å². The van der Waals surface area contributed by atoms with Gasteiger partial charge in [-0.15, -0.1) is 0 Å². The molecule has 0 radical (unpaired) electrons. The van der Waals surface area contributed by atoms with Crippen LogP contribution in [0.4, 0.5) is 0 Å². The molecule has 0 spiro atoms. The van der Waals surface area contributed by atoms with Crippen LogP contribution in [0.3, 0.4) is 0 Å². The molecule has 0 aromatic heterocycles. The molecule has 0 aliphatic carbocycles. The zero-order chi connectivity index (χ0) is 24.5. The van der Waals surface area contributed by atoms with E-state index in [1.54, 1.807) is 30.2 Å². The van der Waals surface area contributed by atoms with Gasteiger partial charge in [-0.1, -0.05) is 71.7 Å². The van der Waals surface area contributed by atoms with E-state index >= 15 is 0 Å². The Morgan fingerprint density at radius 1 is 0.912 bits per heavy atom. The summed E-state index contributed by atoms with van der Waals surface area (Å²) in [5.74, 6) is 0.283. The number of carbonyl (C=O) groups excluding carboxylic acids is 2. The number of ether oxygens (including phenoxy) is 1. The average molecular weight is 499 g/mol. The summed E-state index contributed by atoms with van der Waals surface area (Å²) >= 11 is 12.9. The Labute approximate surface area is 210 Å². The van der Waals surface area contributed by atoms with E-state index in [0.717, 1.165) is 11.1 Å². The van der Waals surface area contributed by atoms with Crippen molar-refractivity contribution in [3.8, 4) is 5.75 Å². The molecule has 0 unspecified atom stereocenters. The number of rotatable bonds is 10. The van der Waals surface area contributed by atoms with Crippen molar-refractivity contribution in [1.29, 1.82) is 0 Å². The smallest absolute Gasteiger partial charge is 0.243 e. The topological polar surface area (TPSA) is 58.6 Å². The Morgan fingerprint density at radius 2 is 1.56 bits per heavy atom. The first kappa shape index (κ1) is 25.6. The van der Waals surface area contributed by atoms with E-state index in [1.807, 2.05) is 61.5 Å². The maximum Gasteiger partial charge on any atom is 0.243 e. The summed E-state index contributed by atoms with van der Waals surface area (Å²) in [6.45, 7) is 2.42. The first-order valence-corrected chi connectivity index (χ1v) is 11.9. The molecule has 0 fully saturated rings. The second kappa shape index (κ2) is 12.4. The first-order chi connectivity index (χ1) is 16.4. The summed E-state index contributed by atoms with van der Waals surface area (Å²) < 4.78 is 5.21. The fraction of sp³-hybridized carbons (Fsp3) is 0.259. The standard InChI is InChI=1S/C27H28Cl2N2O3/c1-3-30-27(33)25(16-19-8-5-4-6-9-19)31(18-22-23(28)10-7-11-24(22)29)26(32)17-20-12-14-21(34-2)15-13-20/h4-15,25H,3,16-18H2,1-2H3,(H,30,33)/t25-/m0/s1. The molecule has 1 N–H and O–H groups in total. The minimum Gasteiger partial charge on any atom is -0.497 e. The van der Waals surface area contributed by atoms with E-state index in [-0.39, 0.29) is 24.8 Å². The molecule has 3 aromatic carbocycles. The molecule has 0 saturated carbocycles. The summed E-state index contributed by atoms with van der Waals surface area (Å²) in [7, 11) is 1.59. The van der Waals surface area contributed by atoms with Gasteiger partial charge in [0.25, 0.3) is 0 Å². The molecule has 0 heterocycles. The number of hydrogen-bond acceptors (Lipinski definition) is 3. The van der Waals surface area contributed by atoms with Gasteiger partial charge in [-0.25, -0.2) is 0 Å². The molecule has 5 nitrogen and oxygen atoms in total. The number of nitrogens with zero attached hydrogens (tertiary/aromatic N) is 1. The maximum absolute atomic E-state index is 13.7. The van der Waals surface area contributed by atoms with Crippen LogP contribution in [0.1, 0.15) is 23.6 Å². The number of likely N-dealkylation sites (N-methyl/N-ethyl adjacent to an activating group) is 1. The van der Waals surface area contributed by atoms with Crippen LogP contribution in [0.15, 0.2) is 72.8 Å². The lowest BCUT2D eigenvalue weighted by molar-refractivity contribution is -0.140. The maximum atomic E-state index is 13.7. The summed E-state index contributed by atoms with van der Waals surface area (Å²) in [6, 6.07) is 21.4. The molecule has 3 rings (SSSR count). The summed E-state index contributed by atoms with van der Waals surface area (Å²) in [5, 5.41) is 3.78. The van der Waals surface area contributed by atoms with Crippen molar-refractivity contribution in [1.82, 2.24) is 10.2 Å². The molecule has 3 aromatic rings. The molecular weight excluding hydrogens is 471 g/mol. The number of methoxy groups -OCH3 is 1. The highest BCUT2D eigenvalue weighted by atomic mass is 35.5. The molecule has 2 amide bonds. The van der Waals surface area contributed by atoms with Gasteiger partial charge in [0.05, 0.1) is 13.5 Å². The first-order valence-electron chi connectivity index (χ1n) is 11.1. The second-order valence-corrected chi connectivity index (χ2v) is 8.66. The highest BCUT2D eigenvalue weighted by Gasteiger charge is 2.31. The summed E-state index contributed by atoms with van der Waals surface area (Å²) in [6.07, 6.45) is 0.486. The van der Waals surface area contributed by atoms with E-state index in [0.29, 0.717) is 34.3 Å². The third-order valence-corrected chi connectivity index (χ3v) is 6.23. The zero-order valence-corrected chi connectivity index (χ0v) is 20.8. The van der Waals surface area contributed by atoms with Crippen molar-refractivity contribution in [3.63, 3.8) is 0 Å². The number of amides is 2. The van der Waals surface area contributed by atoms with Gasteiger partial charge in [0, 0.05) is 35.1 Å². The lowest BCUT2D eigenvalue weighted by Crippen LogP contribution is -2.51. The summed E-state index contributed by atoms with van der Waals surface area (Å²) in [5.41, 5.74) is 2.37. The Bertz CT molecular complexity index is 1080. The van der Waals surface area contributed by atoms with Crippen molar-refractivity contribution in [2.24, 2.45) is 0 Å². The number of benzene rings is 3. The SMILES string of the molecule is CCNC(=O)[C@H](Cc1ccccc1)N(Cc1c(Cl)cccc1Cl)C(=O)Cc1ccc(OC)cc1. The van der Waals surface area contributed by atoms with Crippen LogP contribution < -0.4 is 10.1 Å². The molecular formula is C27H28Cl2N2O3. The van der Waals surface area contributed by atoms with E-state index < -0.39 is 6.04 Å². The van der Waals surface area contributed by atoms with Crippen LogP contribution in [0.25, 0.3) is 0 Å². The van der Waals surface area contributed by atoms with Gasteiger partial charge in [-0.2, -0.15) is 0 Å². The largest absolute Gasteiger partial charge is 0.497 e. The minimum atomic E-state index is -0.736. The van der Waals surface area contributed by atoms with Crippen LogP contribution in [0.2, 0.25) is 10.0 Å².